The smallest absolute Gasteiger partial charge is 0.128 e. The Bertz CT molecular complexity index is 1870. The SMILES string of the molecule is CC1(C)c2ccccc2Oc2cc[c-]c(-c3ccc(-c4ccccc4)cn3)c21.[2H]C([2H])([2H])c1c[c-]c(-c2ccccn2)cc1.[Ir]. The van der Waals surface area contributed by atoms with E-state index in [1.165, 1.54) is 17.2 Å². The Morgan fingerprint density at radius 3 is 2.24 bits per heavy atom. The predicted octanol–water partition coefficient (Wildman–Crippen LogP) is 9.50. The molecular formula is C38H30IrN2O-2. The maximum Gasteiger partial charge on any atom is 0.128 e. The molecule has 0 fully saturated rings. The van der Waals surface area contributed by atoms with Crippen LogP contribution in [-0.2, 0) is 25.5 Å². The van der Waals surface area contributed by atoms with E-state index in [1.54, 1.807) is 18.3 Å². The monoisotopic (exact) mass is 726 g/mol. The van der Waals surface area contributed by atoms with Crippen molar-refractivity contribution in [1.82, 2.24) is 9.97 Å². The third-order valence-electron chi connectivity index (χ3n) is 7.24. The first-order chi connectivity index (χ1) is 21.2. The van der Waals surface area contributed by atoms with Gasteiger partial charge >= 0.3 is 0 Å². The molecule has 0 amide bonds. The average Bonchev–Trinajstić information content (AvgIpc) is 3.05. The molecule has 1 aliphatic heterocycles. The Kier molecular flexibility index (Phi) is 7.63. The van der Waals surface area contributed by atoms with Gasteiger partial charge in [0.25, 0.3) is 0 Å². The van der Waals surface area contributed by atoms with E-state index in [0.29, 0.717) is 5.56 Å². The first kappa shape index (κ1) is 25.3. The molecule has 0 saturated heterocycles. The summed E-state index contributed by atoms with van der Waals surface area (Å²) in [6.07, 6.45) is 3.63. The van der Waals surface area contributed by atoms with Crippen molar-refractivity contribution < 1.29 is 29.0 Å². The van der Waals surface area contributed by atoms with Crippen LogP contribution in [0.25, 0.3) is 33.6 Å². The molecule has 4 heteroatoms. The van der Waals surface area contributed by atoms with Crippen molar-refractivity contribution in [2.24, 2.45) is 0 Å². The summed E-state index contributed by atoms with van der Waals surface area (Å²) in [5, 5.41) is 0. The van der Waals surface area contributed by atoms with Crippen LogP contribution in [0.2, 0.25) is 0 Å². The Morgan fingerprint density at radius 2 is 1.52 bits per heavy atom. The topological polar surface area (TPSA) is 35.0 Å². The number of benzene rings is 4. The average molecular weight is 726 g/mol. The van der Waals surface area contributed by atoms with E-state index in [2.05, 4.69) is 67.4 Å². The molecule has 0 N–H and O–H groups in total. The van der Waals surface area contributed by atoms with Gasteiger partial charge in [0.2, 0.25) is 0 Å². The van der Waals surface area contributed by atoms with Crippen LogP contribution in [0.4, 0.5) is 0 Å². The minimum absolute atomic E-state index is 0. The molecule has 0 saturated carbocycles. The number of para-hydroxylation sites is 1. The minimum Gasteiger partial charge on any atom is -0.476 e. The fourth-order valence-electron chi connectivity index (χ4n) is 5.16. The Labute approximate surface area is 265 Å². The largest absolute Gasteiger partial charge is 0.476 e. The fraction of sp³-hybridized carbons (Fsp3) is 0.105. The first-order valence-electron chi connectivity index (χ1n) is 15.0. The molecular weight excluding hydrogens is 693 g/mol. The summed E-state index contributed by atoms with van der Waals surface area (Å²) in [5.74, 6) is 1.80. The van der Waals surface area contributed by atoms with Crippen LogP contribution in [0.15, 0.2) is 128 Å². The number of hydrogen-bond acceptors (Lipinski definition) is 3. The van der Waals surface area contributed by atoms with Gasteiger partial charge in [-0.15, -0.1) is 59.2 Å². The number of aromatic nitrogens is 2. The molecule has 2 aromatic heterocycles. The normalized spacial score (nSPS) is 13.7. The van der Waals surface area contributed by atoms with Gasteiger partial charge in [0, 0.05) is 36.6 Å². The number of aryl methyl sites for hydroxylation is 1. The van der Waals surface area contributed by atoms with Crippen LogP contribution in [0, 0.1) is 19.0 Å². The molecule has 209 valence electrons. The molecule has 0 bridgehead atoms. The molecule has 3 heterocycles. The van der Waals surface area contributed by atoms with Crippen LogP contribution < -0.4 is 4.74 Å². The number of hydrogen-bond donors (Lipinski definition) is 0. The maximum absolute atomic E-state index is 7.25. The molecule has 1 radical (unpaired) electrons. The van der Waals surface area contributed by atoms with Gasteiger partial charge in [-0.1, -0.05) is 99.1 Å². The van der Waals surface area contributed by atoms with Crippen LogP contribution in [0.5, 0.6) is 11.5 Å². The molecule has 6 aromatic rings. The third kappa shape index (κ3) is 5.97. The fourth-order valence-corrected chi connectivity index (χ4v) is 5.16. The van der Waals surface area contributed by atoms with E-state index in [9.17, 15) is 0 Å². The summed E-state index contributed by atoms with van der Waals surface area (Å²) < 4.78 is 28.0. The summed E-state index contributed by atoms with van der Waals surface area (Å²) in [5.41, 5.74) is 8.19. The molecule has 0 unspecified atom stereocenters. The van der Waals surface area contributed by atoms with Crippen LogP contribution in [0.1, 0.15) is 34.7 Å². The second-order valence-corrected chi connectivity index (χ2v) is 10.3. The molecule has 0 atom stereocenters. The van der Waals surface area contributed by atoms with Crippen LogP contribution >= 0.6 is 0 Å². The van der Waals surface area contributed by atoms with E-state index >= 15 is 0 Å². The Balaban J connectivity index is 0.000000202. The van der Waals surface area contributed by atoms with Crippen molar-refractivity contribution in [2.75, 3.05) is 0 Å². The molecule has 1 aliphatic rings. The van der Waals surface area contributed by atoms with E-state index in [-0.39, 0.29) is 25.5 Å². The van der Waals surface area contributed by atoms with Crippen molar-refractivity contribution in [3.63, 3.8) is 0 Å². The zero-order valence-electron chi connectivity index (χ0n) is 26.3. The van der Waals surface area contributed by atoms with Gasteiger partial charge in [-0.05, 0) is 45.6 Å². The zero-order valence-corrected chi connectivity index (χ0v) is 25.7. The van der Waals surface area contributed by atoms with Gasteiger partial charge in [0.15, 0.2) is 0 Å². The number of nitrogens with zero attached hydrogens (tertiary/aromatic N) is 2. The molecule has 4 aromatic carbocycles. The second kappa shape index (κ2) is 12.6. The van der Waals surface area contributed by atoms with E-state index in [0.717, 1.165) is 45.1 Å². The van der Waals surface area contributed by atoms with Crippen molar-refractivity contribution >= 4 is 0 Å². The summed E-state index contributed by atoms with van der Waals surface area (Å²) >= 11 is 0. The standard InChI is InChI=1S/C26H20NO.C12H10N.Ir/c1-26(2)21-12-6-7-13-23(21)28-24-14-8-11-20(25(24)26)22-16-15-19(17-27-22)18-9-4-3-5-10-18;1-10-5-7-11(8-6-10)12-4-2-3-9-13-12;/h3-10,12-17H,1-2H3;2-7,9H,1H3;/q2*-1;/i;1D3;. The third-order valence-corrected chi connectivity index (χ3v) is 7.24. The van der Waals surface area contributed by atoms with Gasteiger partial charge in [-0.3, -0.25) is 0 Å². The van der Waals surface area contributed by atoms with Gasteiger partial charge in [0.05, 0.1) is 5.75 Å². The minimum atomic E-state index is -2.07. The van der Waals surface area contributed by atoms with Crippen LogP contribution in [-0.4, -0.2) is 9.97 Å². The van der Waals surface area contributed by atoms with Gasteiger partial charge in [-0.2, -0.15) is 0 Å². The van der Waals surface area contributed by atoms with E-state index < -0.39 is 6.85 Å². The Hall–Kier alpha value is -4.37. The first-order valence-corrected chi connectivity index (χ1v) is 13.5. The second-order valence-electron chi connectivity index (χ2n) is 10.3. The quantitative estimate of drug-likeness (QED) is 0.171. The van der Waals surface area contributed by atoms with Crippen molar-refractivity contribution in [3.8, 4) is 45.1 Å². The van der Waals surface area contributed by atoms with Crippen molar-refractivity contribution in [1.29, 1.82) is 0 Å². The zero-order chi connectivity index (χ0) is 30.7. The van der Waals surface area contributed by atoms with Gasteiger partial charge < -0.3 is 14.7 Å². The molecule has 7 rings (SSSR count). The summed E-state index contributed by atoms with van der Waals surface area (Å²) in [7, 11) is 0. The Morgan fingerprint density at radius 1 is 0.714 bits per heavy atom. The van der Waals surface area contributed by atoms with Crippen molar-refractivity contribution in [2.45, 2.75) is 26.1 Å². The number of rotatable bonds is 3. The maximum atomic E-state index is 7.25. The molecule has 0 aliphatic carbocycles. The number of ether oxygens (including phenoxy) is 1. The molecule has 42 heavy (non-hydrogen) atoms. The van der Waals surface area contributed by atoms with Gasteiger partial charge in [-0.25, -0.2) is 0 Å². The molecule has 0 spiro atoms. The van der Waals surface area contributed by atoms with E-state index in [1.807, 2.05) is 66.9 Å². The number of pyridine rings is 2. The number of fused-ring (bicyclic) bond motifs is 2. The van der Waals surface area contributed by atoms with Crippen LogP contribution in [0.3, 0.4) is 0 Å². The summed E-state index contributed by atoms with van der Waals surface area (Å²) in [4.78, 5) is 8.94. The van der Waals surface area contributed by atoms with E-state index in [4.69, 9.17) is 13.8 Å². The summed E-state index contributed by atoms with van der Waals surface area (Å²) in [6, 6.07) is 43.4. The van der Waals surface area contributed by atoms with Gasteiger partial charge in [0.1, 0.15) is 5.75 Å². The van der Waals surface area contributed by atoms with Crippen molar-refractivity contribution in [3.05, 3.63) is 156 Å². The molecule has 3 nitrogen and oxygen atoms in total. The summed E-state index contributed by atoms with van der Waals surface area (Å²) in [6.45, 7) is 2.41. The predicted molar refractivity (Wildman–Crippen MR) is 166 cm³/mol.